The number of hydrogen-bond acceptors (Lipinski definition) is 6. The third-order valence-corrected chi connectivity index (χ3v) is 5.03. The van der Waals surface area contributed by atoms with Gasteiger partial charge in [0.05, 0.1) is 16.2 Å². The molecule has 5 nitrogen and oxygen atoms in total. The molecule has 132 valence electrons. The van der Waals surface area contributed by atoms with Crippen molar-refractivity contribution in [3.63, 3.8) is 0 Å². The Morgan fingerprint density at radius 3 is 2.60 bits per heavy atom. The highest BCUT2D eigenvalue weighted by Gasteiger charge is 2.16. The van der Waals surface area contributed by atoms with Crippen LogP contribution in [0.4, 0.5) is 0 Å². The molecule has 0 aliphatic rings. The first-order valence-corrected chi connectivity index (χ1v) is 9.59. The number of amides is 1. The van der Waals surface area contributed by atoms with Crippen LogP contribution in [-0.2, 0) is 9.53 Å². The van der Waals surface area contributed by atoms with Gasteiger partial charge < -0.3 is 10.1 Å². The van der Waals surface area contributed by atoms with Gasteiger partial charge in [-0.15, -0.1) is 23.1 Å². The highest BCUT2D eigenvalue weighted by Crippen LogP contribution is 2.23. The van der Waals surface area contributed by atoms with Crippen molar-refractivity contribution in [2.45, 2.75) is 24.8 Å². The summed E-state index contributed by atoms with van der Waals surface area (Å²) in [4.78, 5) is 37.2. The maximum Gasteiger partial charge on any atom is 0.339 e. The normalized spacial score (nSPS) is 10.5. The number of Topliss-reactive ketones (excluding diaryl/α,β-unsaturated/α-hetero) is 1. The molecular formula is C18H19NO4S2. The van der Waals surface area contributed by atoms with Crippen LogP contribution >= 0.6 is 23.1 Å². The Morgan fingerprint density at radius 2 is 1.92 bits per heavy atom. The number of ether oxygens (including phenoxy) is 1. The van der Waals surface area contributed by atoms with Gasteiger partial charge in [-0.05, 0) is 37.4 Å². The van der Waals surface area contributed by atoms with E-state index in [-0.39, 0.29) is 30.1 Å². The standard InChI is InChI=1S/C18H19NO4S2/c1-12(2)19-17(21)11-25-15-7-4-3-6-13(15)18(22)23-10-14(20)16-8-5-9-24-16/h3-9,12H,10-11H2,1-2H3,(H,19,21). The summed E-state index contributed by atoms with van der Waals surface area (Å²) in [5.41, 5.74) is 0.351. The molecule has 1 aromatic carbocycles. The van der Waals surface area contributed by atoms with Crippen LogP contribution < -0.4 is 5.32 Å². The second-order valence-corrected chi connectivity index (χ2v) is 7.45. The van der Waals surface area contributed by atoms with E-state index in [1.807, 2.05) is 13.8 Å². The van der Waals surface area contributed by atoms with Crippen LogP contribution in [0.2, 0.25) is 0 Å². The Bertz CT molecular complexity index is 741. The van der Waals surface area contributed by atoms with E-state index < -0.39 is 5.97 Å². The van der Waals surface area contributed by atoms with E-state index in [1.165, 1.54) is 23.1 Å². The van der Waals surface area contributed by atoms with E-state index in [2.05, 4.69) is 5.32 Å². The van der Waals surface area contributed by atoms with Crippen LogP contribution in [0.3, 0.4) is 0 Å². The Labute approximate surface area is 154 Å². The first kappa shape index (κ1) is 19.2. The summed E-state index contributed by atoms with van der Waals surface area (Å²) in [6, 6.07) is 10.4. The average molecular weight is 377 g/mol. The molecule has 0 atom stereocenters. The fourth-order valence-electron chi connectivity index (χ4n) is 1.99. The predicted molar refractivity (Wildman–Crippen MR) is 99.4 cm³/mol. The van der Waals surface area contributed by atoms with Crippen LogP contribution in [0.1, 0.15) is 33.9 Å². The number of thioether (sulfide) groups is 1. The molecule has 1 aromatic heterocycles. The number of thiophene rings is 1. The van der Waals surface area contributed by atoms with Crippen LogP contribution in [-0.4, -0.2) is 36.1 Å². The lowest BCUT2D eigenvalue weighted by Crippen LogP contribution is -2.31. The van der Waals surface area contributed by atoms with E-state index in [1.54, 1.807) is 41.8 Å². The first-order chi connectivity index (χ1) is 12.0. The molecule has 1 amide bonds. The summed E-state index contributed by atoms with van der Waals surface area (Å²) >= 11 is 2.57. The number of ketones is 1. The third-order valence-electron chi connectivity index (χ3n) is 3.05. The monoisotopic (exact) mass is 377 g/mol. The highest BCUT2D eigenvalue weighted by molar-refractivity contribution is 8.00. The number of hydrogen-bond donors (Lipinski definition) is 1. The molecule has 2 aromatic rings. The van der Waals surface area contributed by atoms with Crippen molar-refractivity contribution in [2.75, 3.05) is 12.4 Å². The molecule has 0 saturated carbocycles. The Morgan fingerprint density at radius 1 is 1.16 bits per heavy atom. The molecule has 1 heterocycles. The van der Waals surface area contributed by atoms with Crippen LogP contribution in [0, 0.1) is 0 Å². The molecule has 7 heteroatoms. The van der Waals surface area contributed by atoms with Crippen molar-refractivity contribution in [2.24, 2.45) is 0 Å². The highest BCUT2D eigenvalue weighted by atomic mass is 32.2. The van der Waals surface area contributed by atoms with Gasteiger partial charge in [0.15, 0.2) is 6.61 Å². The van der Waals surface area contributed by atoms with Gasteiger partial charge in [0.2, 0.25) is 11.7 Å². The van der Waals surface area contributed by atoms with Gasteiger partial charge in [-0.25, -0.2) is 4.79 Å². The second kappa shape index (κ2) is 9.39. The number of esters is 1. The molecule has 0 aliphatic heterocycles. The molecule has 0 spiro atoms. The molecular weight excluding hydrogens is 358 g/mol. The first-order valence-electron chi connectivity index (χ1n) is 7.72. The minimum atomic E-state index is -0.572. The fourth-order valence-corrected chi connectivity index (χ4v) is 3.49. The number of rotatable bonds is 8. The van der Waals surface area contributed by atoms with E-state index in [0.29, 0.717) is 15.3 Å². The Hall–Kier alpha value is -2.12. The van der Waals surface area contributed by atoms with Gasteiger partial charge in [0.1, 0.15) is 0 Å². The minimum Gasteiger partial charge on any atom is -0.454 e. The Kier molecular flexibility index (Phi) is 7.21. The third kappa shape index (κ3) is 6.03. The molecule has 2 rings (SSSR count). The van der Waals surface area contributed by atoms with Gasteiger partial charge in [-0.2, -0.15) is 0 Å². The SMILES string of the molecule is CC(C)NC(=O)CSc1ccccc1C(=O)OCC(=O)c1cccs1. The van der Waals surface area contributed by atoms with Gasteiger partial charge in [0.25, 0.3) is 0 Å². The zero-order valence-electron chi connectivity index (χ0n) is 14.0. The van der Waals surface area contributed by atoms with E-state index in [9.17, 15) is 14.4 Å². The molecule has 1 N–H and O–H groups in total. The summed E-state index contributed by atoms with van der Waals surface area (Å²) < 4.78 is 5.13. The van der Waals surface area contributed by atoms with Crippen molar-refractivity contribution >= 4 is 40.8 Å². The Balaban J connectivity index is 1.95. The summed E-state index contributed by atoms with van der Waals surface area (Å²) in [6.07, 6.45) is 0. The van der Waals surface area contributed by atoms with Crippen molar-refractivity contribution in [1.82, 2.24) is 5.32 Å². The largest absolute Gasteiger partial charge is 0.454 e. The lowest BCUT2D eigenvalue weighted by atomic mass is 10.2. The van der Waals surface area contributed by atoms with Gasteiger partial charge in [-0.3, -0.25) is 9.59 Å². The maximum atomic E-state index is 12.3. The van der Waals surface area contributed by atoms with Crippen LogP contribution in [0.15, 0.2) is 46.7 Å². The predicted octanol–water partition coefficient (Wildman–Crippen LogP) is 3.40. The molecule has 0 unspecified atom stereocenters. The summed E-state index contributed by atoms with van der Waals surface area (Å²) in [5.74, 6) is -0.700. The fraction of sp³-hybridized carbons (Fsp3) is 0.278. The maximum absolute atomic E-state index is 12.3. The smallest absolute Gasteiger partial charge is 0.339 e. The number of carbonyl (C=O) groups is 3. The van der Waals surface area contributed by atoms with E-state index >= 15 is 0 Å². The molecule has 0 fully saturated rings. The van der Waals surface area contributed by atoms with Crippen molar-refractivity contribution in [3.05, 3.63) is 52.2 Å². The second-order valence-electron chi connectivity index (χ2n) is 5.48. The molecule has 0 saturated heterocycles. The minimum absolute atomic E-state index is 0.0663. The topological polar surface area (TPSA) is 72.5 Å². The lowest BCUT2D eigenvalue weighted by Gasteiger charge is -2.10. The van der Waals surface area contributed by atoms with Crippen LogP contribution in [0.5, 0.6) is 0 Å². The molecule has 0 radical (unpaired) electrons. The van der Waals surface area contributed by atoms with E-state index in [0.717, 1.165) is 0 Å². The molecule has 25 heavy (non-hydrogen) atoms. The zero-order valence-corrected chi connectivity index (χ0v) is 15.6. The van der Waals surface area contributed by atoms with Crippen molar-refractivity contribution < 1.29 is 19.1 Å². The summed E-state index contributed by atoms with van der Waals surface area (Å²) in [5, 5.41) is 4.59. The van der Waals surface area contributed by atoms with Gasteiger partial charge >= 0.3 is 5.97 Å². The van der Waals surface area contributed by atoms with E-state index in [4.69, 9.17) is 4.74 Å². The lowest BCUT2D eigenvalue weighted by molar-refractivity contribution is -0.119. The number of benzene rings is 1. The van der Waals surface area contributed by atoms with Gasteiger partial charge in [-0.1, -0.05) is 18.2 Å². The molecule has 0 aliphatic carbocycles. The zero-order chi connectivity index (χ0) is 18.2. The van der Waals surface area contributed by atoms with Crippen molar-refractivity contribution in [1.29, 1.82) is 0 Å². The number of carbonyl (C=O) groups excluding carboxylic acids is 3. The average Bonchev–Trinajstić information content (AvgIpc) is 3.12. The molecule has 0 bridgehead atoms. The summed E-state index contributed by atoms with van der Waals surface area (Å²) in [7, 11) is 0. The number of nitrogens with one attached hydrogen (secondary N) is 1. The quantitative estimate of drug-likeness (QED) is 0.434. The van der Waals surface area contributed by atoms with Crippen molar-refractivity contribution in [3.8, 4) is 0 Å². The van der Waals surface area contributed by atoms with Gasteiger partial charge in [0, 0.05) is 10.9 Å². The summed E-state index contributed by atoms with van der Waals surface area (Å²) in [6.45, 7) is 3.48. The van der Waals surface area contributed by atoms with Crippen LogP contribution in [0.25, 0.3) is 0 Å².